The standard InChI is InChI=1S/C16H14FN3O3S/c17-12-4-1-3-11(7-12)15-8-13(21)10-20(15)24(22,23)16-5-2-6-19-14(16)9-18/h1-7,13,15,21H,8,10H2. The number of sulfonamides is 1. The molecule has 0 saturated carbocycles. The average molecular weight is 347 g/mol. The lowest BCUT2D eigenvalue weighted by molar-refractivity contribution is 0.188. The molecule has 3 rings (SSSR count). The van der Waals surface area contributed by atoms with E-state index >= 15 is 0 Å². The summed E-state index contributed by atoms with van der Waals surface area (Å²) in [4.78, 5) is 3.56. The minimum absolute atomic E-state index is 0.122. The molecular weight excluding hydrogens is 333 g/mol. The van der Waals surface area contributed by atoms with Gasteiger partial charge in [0, 0.05) is 12.7 Å². The molecular formula is C16H14FN3O3S. The SMILES string of the molecule is N#Cc1ncccc1S(=O)(=O)N1CC(O)CC1c1cccc(F)c1. The van der Waals surface area contributed by atoms with Gasteiger partial charge in [-0.1, -0.05) is 12.1 Å². The highest BCUT2D eigenvalue weighted by Gasteiger charge is 2.41. The summed E-state index contributed by atoms with van der Waals surface area (Å²) in [6.45, 7) is -0.122. The summed E-state index contributed by atoms with van der Waals surface area (Å²) in [6, 6.07) is 9.41. The Balaban J connectivity index is 2.07. The van der Waals surface area contributed by atoms with Crippen LogP contribution in [0.4, 0.5) is 4.39 Å². The van der Waals surface area contributed by atoms with Gasteiger partial charge in [-0.25, -0.2) is 17.8 Å². The zero-order valence-corrected chi connectivity index (χ0v) is 13.3. The second-order valence-corrected chi connectivity index (χ2v) is 7.36. The van der Waals surface area contributed by atoms with Crippen molar-refractivity contribution in [3.8, 4) is 6.07 Å². The third-order valence-electron chi connectivity index (χ3n) is 3.93. The maximum Gasteiger partial charge on any atom is 0.246 e. The number of aromatic nitrogens is 1. The van der Waals surface area contributed by atoms with Gasteiger partial charge in [-0.3, -0.25) is 0 Å². The number of aliphatic hydroxyl groups is 1. The Morgan fingerprint density at radius 3 is 2.83 bits per heavy atom. The average Bonchev–Trinajstić information content (AvgIpc) is 2.97. The molecule has 2 aromatic rings. The Morgan fingerprint density at radius 2 is 2.12 bits per heavy atom. The largest absolute Gasteiger partial charge is 0.392 e. The highest BCUT2D eigenvalue weighted by molar-refractivity contribution is 7.89. The number of halogens is 1. The van der Waals surface area contributed by atoms with E-state index < -0.39 is 28.0 Å². The van der Waals surface area contributed by atoms with Crippen molar-refractivity contribution in [2.45, 2.75) is 23.5 Å². The second-order valence-electron chi connectivity index (χ2n) is 5.50. The van der Waals surface area contributed by atoms with E-state index in [0.717, 1.165) is 4.31 Å². The summed E-state index contributed by atoms with van der Waals surface area (Å²) in [7, 11) is -4.06. The van der Waals surface area contributed by atoms with Crippen LogP contribution >= 0.6 is 0 Å². The topological polar surface area (TPSA) is 94.3 Å². The number of pyridine rings is 1. The van der Waals surface area contributed by atoms with Crippen molar-refractivity contribution >= 4 is 10.0 Å². The number of β-amino-alcohol motifs (C(OH)–C–C–N with tert-alkyl or cyclic N) is 1. The summed E-state index contributed by atoms with van der Waals surface area (Å²) in [6.07, 6.45) is 0.626. The molecule has 2 heterocycles. The molecule has 1 aliphatic rings. The van der Waals surface area contributed by atoms with Gasteiger partial charge in [-0.2, -0.15) is 9.57 Å². The van der Waals surface area contributed by atoms with Gasteiger partial charge >= 0.3 is 0 Å². The van der Waals surface area contributed by atoms with Crippen molar-refractivity contribution in [2.24, 2.45) is 0 Å². The van der Waals surface area contributed by atoms with Gasteiger partial charge in [-0.15, -0.1) is 0 Å². The van der Waals surface area contributed by atoms with Crippen molar-refractivity contribution < 1.29 is 17.9 Å². The third-order valence-corrected chi connectivity index (χ3v) is 5.84. The molecule has 0 amide bonds. The fraction of sp³-hybridized carbons (Fsp3) is 0.250. The molecule has 1 N–H and O–H groups in total. The fourth-order valence-electron chi connectivity index (χ4n) is 2.88. The lowest BCUT2D eigenvalue weighted by atomic mass is 10.0. The number of rotatable bonds is 3. The highest BCUT2D eigenvalue weighted by Crippen LogP contribution is 2.37. The van der Waals surface area contributed by atoms with Crippen molar-refractivity contribution in [3.05, 3.63) is 59.7 Å². The van der Waals surface area contributed by atoms with Crippen molar-refractivity contribution in [1.82, 2.24) is 9.29 Å². The monoisotopic (exact) mass is 347 g/mol. The Kier molecular flexibility index (Phi) is 4.32. The minimum atomic E-state index is -4.06. The van der Waals surface area contributed by atoms with Gasteiger partial charge in [0.2, 0.25) is 10.0 Å². The van der Waals surface area contributed by atoms with Crippen LogP contribution in [-0.4, -0.2) is 35.5 Å². The number of aliphatic hydroxyl groups excluding tert-OH is 1. The van der Waals surface area contributed by atoms with E-state index in [1.165, 1.54) is 36.5 Å². The second kappa shape index (κ2) is 6.28. The summed E-state index contributed by atoms with van der Waals surface area (Å²) in [5, 5.41) is 19.1. The lowest BCUT2D eigenvalue weighted by Crippen LogP contribution is -2.32. The summed E-state index contributed by atoms with van der Waals surface area (Å²) in [5.41, 5.74) is 0.245. The predicted octanol–water partition coefficient (Wildman–Crippen LogP) is 1.59. The van der Waals surface area contributed by atoms with E-state index in [4.69, 9.17) is 5.26 Å². The van der Waals surface area contributed by atoms with Crippen molar-refractivity contribution in [2.75, 3.05) is 6.54 Å². The van der Waals surface area contributed by atoms with Crippen molar-refractivity contribution in [3.63, 3.8) is 0 Å². The normalized spacial score (nSPS) is 21.5. The molecule has 8 heteroatoms. The molecule has 2 unspecified atom stereocenters. The van der Waals surface area contributed by atoms with Gasteiger partial charge in [-0.05, 0) is 36.2 Å². The summed E-state index contributed by atoms with van der Waals surface area (Å²) in [5.74, 6) is -0.481. The van der Waals surface area contributed by atoms with Crippen LogP contribution in [0.25, 0.3) is 0 Å². The number of nitrogens with zero attached hydrogens (tertiary/aromatic N) is 3. The molecule has 2 atom stereocenters. The molecule has 0 aliphatic carbocycles. The molecule has 24 heavy (non-hydrogen) atoms. The maximum atomic E-state index is 13.5. The molecule has 0 bridgehead atoms. The summed E-state index contributed by atoms with van der Waals surface area (Å²) < 4.78 is 40.5. The van der Waals surface area contributed by atoms with Crippen molar-refractivity contribution in [1.29, 1.82) is 5.26 Å². The minimum Gasteiger partial charge on any atom is -0.392 e. The van der Waals surface area contributed by atoms with Gasteiger partial charge in [0.25, 0.3) is 0 Å². The predicted molar refractivity (Wildman–Crippen MR) is 82.6 cm³/mol. The smallest absolute Gasteiger partial charge is 0.246 e. The van der Waals surface area contributed by atoms with Gasteiger partial charge < -0.3 is 5.11 Å². The third kappa shape index (κ3) is 2.89. The Hall–Kier alpha value is -2.34. The number of hydrogen-bond acceptors (Lipinski definition) is 5. The quantitative estimate of drug-likeness (QED) is 0.910. The molecule has 1 saturated heterocycles. The zero-order chi connectivity index (χ0) is 17.3. The van der Waals surface area contributed by atoms with E-state index in [0.29, 0.717) is 5.56 Å². The van der Waals surface area contributed by atoms with E-state index in [-0.39, 0.29) is 23.6 Å². The van der Waals surface area contributed by atoms with Gasteiger partial charge in [0.1, 0.15) is 16.8 Å². The van der Waals surface area contributed by atoms with Crippen LogP contribution in [0, 0.1) is 17.1 Å². The first-order valence-corrected chi connectivity index (χ1v) is 8.68. The van der Waals surface area contributed by atoms with E-state index in [9.17, 15) is 17.9 Å². The first-order chi connectivity index (χ1) is 11.4. The Morgan fingerprint density at radius 1 is 1.33 bits per heavy atom. The maximum absolute atomic E-state index is 13.5. The molecule has 1 fully saturated rings. The highest BCUT2D eigenvalue weighted by atomic mass is 32.2. The van der Waals surface area contributed by atoms with Crippen LogP contribution in [0.15, 0.2) is 47.5 Å². The van der Waals surface area contributed by atoms with Crippen LogP contribution in [0.5, 0.6) is 0 Å². The van der Waals surface area contributed by atoms with Gasteiger partial charge in [0.05, 0.1) is 12.1 Å². The van der Waals surface area contributed by atoms with Crippen LogP contribution < -0.4 is 0 Å². The number of benzene rings is 1. The lowest BCUT2D eigenvalue weighted by Gasteiger charge is -2.24. The van der Waals surface area contributed by atoms with E-state index in [2.05, 4.69) is 4.98 Å². The van der Waals surface area contributed by atoms with Gasteiger partial charge in [0.15, 0.2) is 5.69 Å². The van der Waals surface area contributed by atoms with E-state index in [1.807, 2.05) is 0 Å². The molecule has 1 aliphatic heterocycles. The van der Waals surface area contributed by atoms with E-state index in [1.54, 1.807) is 12.1 Å². The van der Waals surface area contributed by atoms with Crippen LogP contribution in [0.1, 0.15) is 23.7 Å². The first kappa shape index (κ1) is 16.5. The first-order valence-electron chi connectivity index (χ1n) is 7.24. The molecule has 0 radical (unpaired) electrons. The molecule has 1 aromatic carbocycles. The van der Waals surface area contributed by atoms with Crippen LogP contribution in [0.3, 0.4) is 0 Å². The Bertz CT molecular complexity index is 911. The Labute approximate surface area is 138 Å². The molecule has 6 nitrogen and oxygen atoms in total. The molecule has 0 spiro atoms. The summed E-state index contributed by atoms with van der Waals surface area (Å²) >= 11 is 0. The van der Waals surface area contributed by atoms with Crippen LogP contribution in [0.2, 0.25) is 0 Å². The number of nitriles is 1. The molecule has 1 aromatic heterocycles. The molecule has 124 valence electrons. The van der Waals surface area contributed by atoms with Crippen LogP contribution in [-0.2, 0) is 10.0 Å². The zero-order valence-electron chi connectivity index (χ0n) is 12.5. The number of hydrogen-bond donors (Lipinski definition) is 1. The fourth-order valence-corrected chi connectivity index (χ4v) is 4.63.